The molecule has 0 saturated carbocycles. The Morgan fingerprint density at radius 3 is 2.38 bits per heavy atom. The molecule has 132 valence electrons. The molecule has 2 heterocycles. The molecular weight excluding hydrogens is 324 g/mol. The van der Waals surface area contributed by atoms with Crippen molar-refractivity contribution in [1.82, 2.24) is 9.47 Å². The molecule has 0 aliphatic rings. The lowest BCUT2D eigenvalue weighted by Crippen LogP contribution is -2.44. The number of amides is 1. The smallest absolute Gasteiger partial charge is 0.355 e. The Morgan fingerprint density at radius 1 is 1.21 bits per heavy atom. The van der Waals surface area contributed by atoms with Gasteiger partial charge in [-0.3, -0.25) is 4.79 Å². The SMILES string of the molecule is CCOC(=O)c1cc2sc(C)cc2n1CC(=O)N(C(C)C)C(C)C. The molecule has 0 unspecified atom stereocenters. The number of carbonyl (C=O) groups is 2. The van der Waals surface area contributed by atoms with Gasteiger partial charge < -0.3 is 14.2 Å². The van der Waals surface area contributed by atoms with E-state index in [1.54, 1.807) is 22.8 Å². The third-order valence-corrected chi connectivity index (χ3v) is 4.88. The molecule has 0 fully saturated rings. The predicted molar refractivity (Wildman–Crippen MR) is 97.6 cm³/mol. The molecule has 24 heavy (non-hydrogen) atoms. The number of hydrogen-bond donors (Lipinski definition) is 0. The van der Waals surface area contributed by atoms with Crippen LogP contribution in [0.4, 0.5) is 0 Å². The third kappa shape index (κ3) is 3.64. The van der Waals surface area contributed by atoms with Gasteiger partial charge in [0.25, 0.3) is 0 Å². The number of aromatic nitrogens is 1. The molecule has 0 bridgehead atoms. The summed E-state index contributed by atoms with van der Waals surface area (Å²) in [6.07, 6.45) is 0. The van der Waals surface area contributed by atoms with Crippen LogP contribution in [0, 0.1) is 6.92 Å². The average molecular weight is 350 g/mol. The quantitative estimate of drug-likeness (QED) is 0.744. The van der Waals surface area contributed by atoms with Crippen molar-refractivity contribution in [3.8, 4) is 0 Å². The molecule has 0 radical (unpaired) electrons. The largest absolute Gasteiger partial charge is 0.461 e. The first-order valence-corrected chi connectivity index (χ1v) is 9.15. The number of esters is 1. The zero-order chi connectivity index (χ0) is 18.0. The van der Waals surface area contributed by atoms with Crippen molar-refractivity contribution in [1.29, 1.82) is 0 Å². The van der Waals surface area contributed by atoms with Crippen LogP contribution in [0.1, 0.15) is 50.0 Å². The highest BCUT2D eigenvalue weighted by Crippen LogP contribution is 2.29. The number of carbonyl (C=O) groups excluding carboxylic acids is 2. The second-order valence-electron chi connectivity index (χ2n) is 6.43. The molecule has 2 aromatic heterocycles. The van der Waals surface area contributed by atoms with Crippen LogP contribution < -0.4 is 0 Å². The van der Waals surface area contributed by atoms with Gasteiger partial charge in [-0.2, -0.15) is 0 Å². The van der Waals surface area contributed by atoms with E-state index in [2.05, 4.69) is 0 Å². The summed E-state index contributed by atoms with van der Waals surface area (Å²) >= 11 is 1.62. The summed E-state index contributed by atoms with van der Waals surface area (Å²) in [5, 5.41) is 0. The number of rotatable bonds is 6. The van der Waals surface area contributed by atoms with E-state index >= 15 is 0 Å². The number of thiophene rings is 1. The zero-order valence-corrected chi connectivity index (χ0v) is 16.1. The van der Waals surface area contributed by atoms with E-state index < -0.39 is 0 Å². The van der Waals surface area contributed by atoms with E-state index in [0.717, 1.165) is 15.1 Å². The minimum atomic E-state index is -0.382. The van der Waals surface area contributed by atoms with Crippen molar-refractivity contribution in [2.24, 2.45) is 0 Å². The molecule has 0 saturated heterocycles. The van der Waals surface area contributed by atoms with Crippen molar-refractivity contribution in [3.63, 3.8) is 0 Å². The normalized spacial score (nSPS) is 11.5. The van der Waals surface area contributed by atoms with Crippen LogP contribution in [-0.2, 0) is 16.1 Å². The number of fused-ring (bicyclic) bond motifs is 1. The van der Waals surface area contributed by atoms with Crippen molar-refractivity contribution < 1.29 is 14.3 Å². The zero-order valence-electron chi connectivity index (χ0n) is 15.3. The molecule has 0 spiro atoms. The van der Waals surface area contributed by atoms with Crippen LogP contribution in [0.15, 0.2) is 12.1 Å². The van der Waals surface area contributed by atoms with Crippen LogP contribution in [0.25, 0.3) is 10.2 Å². The summed E-state index contributed by atoms with van der Waals surface area (Å²) in [7, 11) is 0. The van der Waals surface area contributed by atoms with Gasteiger partial charge in [0.1, 0.15) is 12.2 Å². The topological polar surface area (TPSA) is 51.5 Å². The molecule has 6 heteroatoms. The highest BCUT2D eigenvalue weighted by molar-refractivity contribution is 7.19. The Balaban J connectivity index is 2.43. The monoisotopic (exact) mass is 350 g/mol. The Morgan fingerprint density at radius 2 is 1.83 bits per heavy atom. The first-order valence-electron chi connectivity index (χ1n) is 8.34. The summed E-state index contributed by atoms with van der Waals surface area (Å²) in [5.41, 5.74) is 1.36. The van der Waals surface area contributed by atoms with E-state index in [0.29, 0.717) is 12.3 Å². The molecule has 2 aromatic rings. The Labute approximate surface area is 147 Å². The van der Waals surface area contributed by atoms with Gasteiger partial charge in [-0.15, -0.1) is 11.3 Å². The van der Waals surface area contributed by atoms with E-state index in [9.17, 15) is 9.59 Å². The molecule has 0 aromatic carbocycles. The van der Waals surface area contributed by atoms with Gasteiger partial charge in [-0.1, -0.05) is 0 Å². The Kier molecular flexibility index (Phi) is 5.70. The van der Waals surface area contributed by atoms with Crippen molar-refractivity contribution in [2.75, 3.05) is 6.61 Å². The van der Waals surface area contributed by atoms with Gasteiger partial charge in [-0.25, -0.2) is 4.79 Å². The fourth-order valence-electron chi connectivity index (χ4n) is 3.10. The van der Waals surface area contributed by atoms with E-state index in [4.69, 9.17) is 4.74 Å². The number of hydrogen-bond acceptors (Lipinski definition) is 4. The summed E-state index contributed by atoms with van der Waals surface area (Å²) < 4.78 is 7.95. The van der Waals surface area contributed by atoms with Crippen molar-refractivity contribution >= 4 is 33.4 Å². The van der Waals surface area contributed by atoms with Crippen LogP contribution in [0.5, 0.6) is 0 Å². The number of nitrogens with zero attached hydrogens (tertiary/aromatic N) is 2. The van der Waals surface area contributed by atoms with Gasteiger partial charge in [0.15, 0.2) is 0 Å². The summed E-state index contributed by atoms with van der Waals surface area (Å²) in [5.74, 6) is -0.376. The fraction of sp³-hybridized carbons (Fsp3) is 0.556. The van der Waals surface area contributed by atoms with Crippen LogP contribution in [-0.4, -0.2) is 40.0 Å². The van der Waals surface area contributed by atoms with E-state index in [1.165, 1.54) is 0 Å². The number of ether oxygens (including phenoxy) is 1. The van der Waals surface area contributed by atoms with Gasteiger partial charge >= 0.3 is 5.97 Å². The van der Waals surface area contributed by atoms with E-state index in [1.807, 2.05) is 51.7 Å². The maximum atomic E-state index is 12.8. The molecule has 2 rings (SSSR count). The average Bonchev–Trinajstić information content (AvgIpc) is 2.96. The minimum Gasteiger partial charge on any atom is -0.461 e. The highest BCUT2D eigenvalue weighted by Gasteiger charge is 2.24. The maximum Gasteiger partial charge on any atom is 0.355 e. The van der Waals surface area contributed by atoms with Crippen LogP contribution in [0.2, 0.25) is 0 Å². The molecule has 0 aliphatic carbocycles. The first kappa shape index (κ1) is 18.5. The lowest BCUT2D eigenvalue weighted by atomic mass is 10.2. The minimum absolute atomic E-state index is 0.00639. The van der Waals surface area contributed by atoms with Crippen LogP contribution >= 0.6 is 11.3 Å². The van der Waals surface area contributed by atoms with Gasteiger partial charge in [0, 0.05) is 17.0 Å². The second-order valence-corrected chi connectivity index (χ2v) is 7.72. The maximum absolute atomic E-state index is 12.8. The number of aryl methyl sites for hydroxylation is 1. The molecule has 0 aliphatic heterocycles. The molecule has 1 amide bonds. The highest BCUT2D eigenvalue weighted by atomic mass is 32.1. The molecule has 0 atom stereocenters. The molecule has 5 nitrogen and oxygen atoms in total. The first-order chi connectivity index (χ1) is 11.3. The van der Waals surface area contributed by atoms with Gasteiger partial charge in [-0.05, 0) is 53.7 Å². The lowest BCUT2D eigenvalue weighted by molar-refractivity contribution is -0.135. The van der Waals surface area contributed by atoms with Crippen molar-refractivity contribution in [2.45, 2.75) is 60.2 Å². The van der Waals surface area contributed by atoms with Crippen molar-refractivity contribution in [3.05, 3.63) is 22.7 Å². The second kappa shape index (κ2) is 7.38. The standard InChI is InChI=1S/C18H26N2O3S/c1-7-23-18(22)15-9-16-14(8-13(6)24-16)19(15)10-17(21)20(11(2)3)12(4)5/h8-9,11-12H,7,10H2,1-6H3. The van der Waals surface area contributed by atoms with Gasteiger partial charge in [0.05, 0.1) is 16.8 Å². The lowest BCUT2D eigenvalue weighted by Gasteiger charge is -2.31. The summed E-state index contributed by atoms with van der Waals surface area (Å²) in [6, 6.07) is 4.07. The summed E-state index contributed by atoms with van der Waals surface area (Å²) in [4.78, 5) is 28.1. The predicted octanol–water partition coefficient (Wildman–Crippen LogP) is 3.83. The molecule has 0 N–H and O–H groups in total. The van der Waals surface area contributed by atoms with E-state index in [-0.39, 0.29) is 30.5 Å². The molecular formula is C18H26N2O3S. The van der Waals surface area contributed by atoms with Gasteiger partial charge in [0.2, 0.25) is 5.91 Å². The summed E-state index contributed by atoms with van der Waals surface area (Å²) in [6.45, 7) is 12.3. The Hall–Kier alpha value is -1.82. The fourth-order valence-corrected chi connectivity index (χ4v) is 4.06. The van der Waals surface area contributed by atoms with Crippen LogP contribution in [0.3, 0.4) is 0 Å². The Bertz CT molecular complexity index is 735. The third-order valence-electron chi connectivity index (χ3n) is 3.89.